The fraction of sp³-hybridized carbons (Fsp3) is 0.419. The quantitative estimate of drug-likeness (QED) is 0.199. The molecule has 1 fully saturated rings. The summed E-state index contributed by atoms with van der Waals surface area (Å²) in [5.74, 6) is -1.15. The van der Waals surface area contributed by atoms with E-state index in [1.807, 2.05) is 13.8 Å². The molecule has 5 rings (SSSR count). The second-order valence-corrected chi connectivity index (χ2v) is 10.7. The van der Waals surface area contributed by atoms with Gasteiger partial charge in [-0.05, 0) is 63.3 Å². The number of hydrogen-bond acceptors (Lipinski definition) is 8. The number of H-pyrrole nitrogens is 1. The Kier molecular flexibility index (Phi) is 10.1. The van der Waals surface area contributed by atoms with Crippen molar-refractivity contribution < 1.29 is 23.1 Å². The summed E-state index contributed by atoms with van der Waals surface area (Å²) in [6.07, 6.45) is 8.60. The van der Waals surface area contributed by atoms with Gasteiger partial charge in [-0.3, -0.25) is 14.6 Å². The van der Waals surface area contributed by atoms with E-state index in [1.54, 1.807) is 29.4 Å². The molecule has 0 bridgehead atoms. The normalized spacial score (nSPS) is 16.5. The topological polar surface area (TPSA) is 138 Å². The second kappa shape index (κ2) is 14.3. The maximum absolute atomic E-state index is 14.8. The van der Waals surface area contributed by atoms with Gasteiger partial charge in [0.15, 0.2) is 17.5 Å². The Morgan fingerprint density at radius 1 is 1.11 bits per heavy atom. The van der Waals surface area contributed by atoms with Gasteiger partial charge >= 0.3 is 0 Å². The van der Waals surface area contributed by atoms with Crippen LogP contribution in [0.3, 0.4) is 0 Å². The zero-order valence-corrected chi connectivity index (χ0v) is 24.8. The van der Waals surface area contributed by atoms with Gasteiger partial charge in [-0.1, -0.05) is 0 Å². The Balaban J connectivity index is 1.21. The van der Waals surface area contributed by atoms with Crippen molar-refractivity contribution in [3.05, 3.63) is 65.9 Å². The predicted molar refractivity (Wildman–Crippen MR) is 161 cm³/mol. The predicted octanol–water partition coefficient (Wildman–Crippen LogP) is 4.62. The van der Waals surface area contributed by atoms with E-state index in [0.29, 0.717) is 55.7 Å². The number of hydrogen-bond donors (Lipinski definition) is 3. The van der Waals surface area contributed by atoms with Crippen LogP contribution in [-0.2, 0) is 16.1 Å². The SMILES string of the molecule is CCOCCC(=O)N(CC)Cc1ccnc(C(=O)N[C@@H]2CCC[C@H](Nc3nc(-c4c[nH]c5ncc(F)cc45)ncc3F)C2)c1. The summed E-state index contributed by atoms with van der Waals surface area (Å²) in [4.78, 5) is 47.2. The molecule has 0 radical (unpaired) electrons. The zero-order valence-electron chi connectivity index (χ0n) is 24.8. The number of carbonyl (C=O) groups is 2. The van der Waals surface area contributed by atoms with Gasteiger partial charge in [0, 0.05) is 55.1 Å². The number of nitrogens with zero attached hydrogens (tertiary/aromatic N) is 5. The van der Waals surface area contributed by atoms with E-state index < -0.39 is 11.6 Å². The van der Waals surface area contributed by atoms with Crippen LogP contribution in [-0.4, -0.2) is 73.5 Å². The van der Waals surface area contributed by atoms with Gasteiger partial charge in [-0.25, -0.2) is 23.7 Å². The van der Waals surface area contributed by atoms with Crippen molar-refractivity contribution in [3.8, 4) is 11.4 Å². The van der Waals surface area contributed by atoms with E-state index in [9.17, 15) is 18.4 Å². The average Bonchev–Trinajstić information content (AvgIpc) is 3.44. The van der Waals surface area contributed by atoms with Gasteiger partial charge < -0.3 is 25.3 Å². The van der Waals surface area contributed by atoms with Crippen LogP contribution >= 0.6 is 0 Å². The van der Waals surface area contributed by atoms with Crippen molar-refractivity contribution in [3.63, 3.8) is 0 Å². The summed E-state index contributed by atoms with van der Waals surface area (Å²) in [5, 5.41) is 6.74. The van der Waals surface area contributed by atoms with Gasteiger partial charge in [-0.15, -0.1) is 0 Å². The summed E-state index contributed by atoms with van der Waals surface area (Å²) < 4.78 is 33.9. The fourth-order valence-corrected chi connectivity index (χ4v) is 5.42. The molecular weight excluding hydrogens is 570 g/mol. The van der Waals surface area contributed by atoms with Crippen LogP contribution in [0.2, 0.25) is 0 Å². The molecule has 1 aliphatic carbocycles. The molecule has 0 aliphatic heterocycles. The molecule has 0 aromatic carbocycles. The monoisotopic (exact) mass is 606 g/mol. The lowest BCUT2D eigenvalue weighted by molar-refractivity contribution is -0.132. The highest BCUT2D eigenvalue weighted by molar-refractivity contribution is 5.93. The van der Waals surface area contributed by atoms with Crippen LogP contribution in [0.15, 0.2) is 43.0 Å². The highest BCUT2D eigenvalue weighted by atomic mass is 19.1. The molecule has 2 atom stereocenters. The Hall–Kier alpha value is -4.52. The average molecular weight is 607 g/mol. The first-order chi connectivity index (χ1) is 21.3. The van der Waals surface area contributed by atoms with Crippen molar-refractivity contribution in [2.24, 2.45) is 0 Å². The number of rotatable bonds is 12. The molecule has 232 valence electrons. The van der Waals surface area contributed by atoms with Gasteiger partial charge in [0.05, 0.1) is 25.4 Å². The summed E-state index contributed by atoms with van der Waals surface area (Å²) >= 11 is 0. The number of anilines is 1. The third-order valence-corrected chi connectivity index (χ3v) is 7.66. The zero-order chi connectivity index (χ0) is 31.1. The number of carbonyl (C=O) groups excluding carboxylic acids is 2. The molecule has 2 amide bonds. The van der Waals surface area contributed by atoms with Crippen molar-refractivity contribution >= 4 is 28.7 Å². The van der Waals surface area contributed by atoms with Crippen LogP contribution in [0.5, 0.6) is 0 Å². The number of pyridine rings is 2. The molecule has 1 saturated carbocycles. The third-order valence-electron chi connectivity index (χ3n) is 7.66. The lowest BCUT2D eigenvalue weighted by atomic mass is 9.91. The molecule has 0 saturated heterocycles. The number of aromatic nitrogens is 5. The van der Waals surface area contributed by atoms with Crippen LogP contribution in [0.25, 0.3) is 22.4 Å². The summed E-state index contributed by atoms with van der Waals surface area (Å²) in [7, 11) is 0. The van der Waals surface area contributed by atoms with E-state index in [0.717, 1.165) is 37.2 Å². The van der Waals surface area contributed by atoms with Gasteiger partial charge in [-0.2, -0.15) is 0 Å². The minimum Gasteiger partial charge on any atom is -0.381 e. The van der Waals surface area contributed by atoms with E-state index in [-0.39, 0.29) is 41.2 Å². The van der Waals surface area contributed by atoms with Crippen LogP contribution in [0.1, 0.15) is 62.0 Å². The number of ether oxygens (including phenoxy) is 1. The molecule has 4 heterocycles. The van der Waals surface area contributed by atoms with E-state index >= 15 is 0 Å². The van der Waals surface area contributed by atoms with Crippen molar-refractivity contribution in [2.75, 3.05) is 25.1 Å². The standard InChI is InChI=1S/C31H36F2N8O3/c1-3-41(27(42)9-11-44-4-2)18-19-8-10-34-26(12-19)31(43)39-22-7-5-6-21(14-22)38-30-25(33)17-37-29(40-30)24-16-36-28-23(24)13-20(32)15-35-28/h8,10,12-13,15-17,21-22H,3-7,9,11,14,18H2,1-2H3,(H,35,36)(H,39,43)(H,37,38,40)/t21-,22+/m0/s1. The van der Waals surface area contributed by atoms with E-state index in [1.165, 1.54) is 6.07 Å². The molecule has 1 aliphatic rings. The first-order valence-electron chi connectivity index (χ1n) is 14.9. The number of halogens is 2. The van der Waals surface area contributed by atoms with Crippen molar-refractivity contribution in [1.29, 1.82) is 0 Å². The Labute approximate surface area is 253 Å². The minimum atomic E-state index is -0.609. The molecule has 0 unspecified atom stereocenters. The van der Waals surface area contributed by atoms with Gasteiger partial charge in [0.25, 0.3) is 5.91 Å². The summed E-state index contributed by atoms with van der Waals surface area (Å²) in [6.45, 7) is 5.65. The number of nitrogens with one attached hydrogen (secondary N) is 3. The Morgan fingerprint density at radius 3 is 2.77 bits per heavy atom. The van der Waals surface area contributed by atoms with Crippen LogP contribution in [0, 0.1) is 11.6 Å². The smallest absolute Gasteiger partial charge is 0.270 e. The van der Waals surface area contributed by atoms with Crippen molar-refractivity contribution in [2.45, 2.75) is 64.6 Å². The molecule has 4 aromatic heterocycles. The summed E-state index contributed by atoms with van der Waals surface area (Å²) in [6, 6.07) is 4.53. The van der Waals surface area contributed by atoms with Gasteiger partial charge in [0.2, 0.25) is 5.91 Å². The largest absolute Gasteiger partial charge is 0.381 e. The summed E-state index contributed by atoms with van der Waals surface area (Å²) in [5.41, 5.74) is 2.06. The van der Waals surface area contributed by atoms with Crippen LogP contribution < -0.4 is 10.6 Å². The van der Waals surface area contributed by atoms with Crippen molar-refractivity contribution in [1.82, 2.24) is 35.1 Å². The minimum absolute atomic E-state index is 0.0101. The van der Waals surface area contributed by atoms with Crippen LogP contribution in [0.4, 0.5) is 14.6 Å². The lowest BCUT2D eigenvalue weighted by Gasteiger charge is -2.30. The fourth-order valence-electron chi connectivity index (χ4n) is 5.42. The second-order valence-electron chi connectivity index (χ2n) is 10.7. The molecule has 13 heteroatoms. The highest BCUT2D eigenvalue weighted by Crippen LogP contribution is 2.28. The molecule has 3 N–H and O–H groups in total. The molecule has 4 aromatic rings. The Morgan fingerprint density at radius 2 is 1.95 bits per heavy atom. The number of aromatic amines is 1. The first kappa shape index (κ1) is 30.9. The van der Waals surface area contributed by atoms with E-state index in [2.05, 4.69) is 35.6 Å². The van der Waals surface area contributed by atoms with E-state index in [4.69, 9.17) is 4.74 Å². The maximum atomic E-state index is 14.8. The highest BCUT2D eigenvalue weighted by Gasteiger charge is 2.26. The molecule has 0 spiro atoms. The molecular formula is C31H36F2N8O3. The molecule has 44 heavy (non-hydrogen) atoms. The maximum Gasteiger partial charge on any atom is 0.270 e. The molecule has 11 nitrogen and oxygen atoms in total. The third kappa shape index (κ3) is 7.51. The number of fused-ring (bicyclic) bond motifs is 1. The first-order valence-corrected chi connectivity index (χ1v) is 14.9. The van der Waals surface area contributed by atoms with Gasteiger partial charge in [0.1, 0.15) is 17.2 Å². The Bertz CT molecular complexity index is 1610. The lowest BCUT2D eigenvalue weighted by Crippen LogP contribution is -2.42. The number of amides is 2.